The van der Waals surface area contributed by atoms with Gasteiger partial charge < -0.3 is 5.32 Å². The van der Waals surface area contributed by atoms with Crippen LogP contribution in [-0.2, 0) is 23.1 Å². The van der Waals surface area contributed by atoms with Crippen LogP contribution < -0.4 is 9.62 Å². The minimum atomic E-state index is -3.53. The van der Waals surface area contributed by atoms with Crippen LogP contribution in [-0.4, -0.2) is 20.6 Å². The van der Waals surface area contributed by atoms with Gasteiger partial charge in [0.2, 0.25) is 10.0 Å². The Hall–Kier alpha value is -2.54. The number of benzene rings is 3. The van der Waals surface area contributed by atoms with E-state index in [1.165, 1.54) is 4.31 Å². The van der Waals surface area contributed by atoms with E-state index in [0.717, 1.165) is 17.4 Å². The Morgan fingerprint density at radius 2 is 1.57 bits per heavy atom. The summed E-state index contributed by atoms with van der Waals surface area (Å²) in [6.07, 6.45) is 1.15. The molecule has 156 valence electrons. The van der Waals surface area contributed by atoms with Crippen LogP contribution in [0.3, 0.4) is 0 Å². The highest BCUT2D eigenvalue weighted by atomic mass is 35.5. The molecule has 0 saturated carbocycles. The van der Waals surface area contributed by atoms with E-state index in [-0.39, 0.29) is 12.5 Å². The average Bonchev–Trinajstić information content (AvgIpc) is 2.72. The van der Waals surface area contributed by atoms with E-state index in [9.17, 15) is 13.2 Å². The Kier molecular flexibility index (Phi) is 7.02. The van der Waals surface area contributed by atoms with Crippen LogP contribution in [0.4, 0.5) is 5.69 Å². The van der Waals surface area contributed by atoms with E-state index >= 15 is 0 Å². The van der Waals surface area contributed by atoms with Gasteiger partial charge in [-0.25, -0.2) is 8.42 Å². The Balaban J connectivity index is 1.73. The number of carbonyl (C=O) groups is 1. The topological polar surface area (TPSA) is 66.5 Å². The molecule has 0 spiro atoms. The number of anilines is 1. The van der Waals surface area contributed by atoms with Crippen molar-refractivity contribution in [2.45, 2.75) is 13.1 Å². The number of nitrogens with one attached hydrogen (secondary N) is 1. The highest BCUT2D eigenvalue weighted by Gasteiger charge is 2.18. The first-order chi connectivity index (χ1) is 14.2. The molecule has 3 aromatic rings. The first-order valence-electron chi connectivity index (χ1n) is 9.08. The first kappa shape index (κ1) is 22.2. The zero-order valence-corrected chi connectivity index (χ0v) is 18.5. The van der Waals surface area contributed by atoms with Crippen LogP contribution in [0.25, 0.3) is 0 Å². The molecule has 0 aliphatic carbocycles. The van der Waals surface area contributed by atoms with Crippen LogP contribution in [0, 0.1) is 0 Å². The zero-order chi connectivity index (χ0) is 21.7. The largest absolute Gasteiger partial charge is 0.348 e. The van der Waals surface area contributed by atoms with Gasteiger partial charge in [-0.3, -0.25) is 9.10 Å². The highest BCUT2D eigenvalue weighted by molar-refractivity contribution is 7.92. The van der Waals surface area contributed by atoms with Gasteiger partial charge in [-0.2, -0.15) is 0 Å². The van der Waals surface area contributed by atoms with E-state index in [0.29, 0.717) is 27.8 Å². The molecule has 3 aromatic carbocycles. The second-order valence-corrected chi connectivity index (χ2v) is 9.47. The minimum Gasteiger partial charge on any atom is -0.348 e. The molecule has 0 aliphatic heterocycles. The molecule has 8 heteroatoms. The molecular weight excluding hydrogens is 443 g/mol. The molecule has 0 heterocycles. The van der Waals surface area contributed by atoms with Crippen LogP contribution in [0.1, 0.15) is 21.5 Å². The number of carbonyl (C=O) groups excluding carboxylic acids is 1. The van der Waals surface area contributed by atoms with Crippen molar-refractivity contribution in [2.24, 2.45) is 0 Å². The van der Waals surface area contributed by atoms with Crippen molar-refractivity contribution in [1.82, 2.24) is 5.32 Å². The number of rotatable bonds is 7. The lowest BCUT2D eigenvalue weighted by atomic mass is 10.1. The van der Waals surface area contributed by atoms with Crippen LogP contribution in [0.5, 0.6) is 0 Å². The lowest BCUT2D eigenvalue weighted by Crippen LogP contribution is -2.29. The summed E-state index contributed by atoms with van der Waals surface area (Å²) in [5, 5.41) is 3.98. The Morgan fingerprint density at radius 1 is 0.933 bits per heavy atom. The number of hydrogen-bond donors (Lipinski definition) is 1. The molecule has 0 aliphatic rings. The van der Waals surface area contributed by atoms with Gasteiger partial charge in [-0.15, -0.1) is 0 Å². The van der Waals surface area contributed by atoms with Gasteiger partial charge in [0.25, 0.3) is 5.91 Å². The summed E-state index contributed by atoms with van der Waals surface area (Å²) in [6, 6.07) is 20.7. The second kappa shape index (κ2) is 9.51. The fraction of sp³-hybridized carbons (Fsp3) is 0.136. The fourth-order valence-electron chi connectivity index (χ4n) is 2.85. The summed E-state index contributed by atoms with van der Waals surface area (Å²) in [5.74, 6) is -0.273. The number of nitrogens with zero attached hydrogens (tertiary/aromatic N) is 1. The zero-order valence-electron chi connectivity index (χ0n) is 16.2. The summed E-state index contributed by atoms with van der Waals surface area (Å²) >= 11 is 12.0. The fourth-order valence-corrected chi connectivity index (χ4v) is 4.07. The molecule has 30 heavy (non-hydrogen) atoms. The SMILES string of the molecule is CS(=O)(=O)N(Cc1ccc(Cl)cc1)c1ccc(C(=O)NCc2ccccc2Cl)cc1. The number of sulfonamides is 1. The van der Waals surface area contributed by atoms with Gasteiger partial charge >= 0.3 is 0 Å². The standard InChI is InChI=1S/C22H20Cl2N2O3S/c1-30(28,29)26(15-16-6-10-19(23)11-7-16)20-12-8-17(9-13-20)22(27)25-14-18-4-2-3-5-21(18)24/h2-13H,14-15H2,1H3,(H,25,27). The minimum absolute atomic E-state index is 0.161. The van der Waals surface area contributed by atoms with E-state index in [2.05, 4.69) is 5.32 Å². The van der Waals surface area contributed by atoms with E-state index in [4.69, 9.17) is 23.2 Å². The number of halogens is 2. The molecule has 0 unspecified atom stereocenters. The summed E-state index contributed by atoms with van der Waals surface area (Å²) < 4.78 is 25.9. The predicted molar refractivity (Wildman–Crippen MR) is 122 cm³/mol. The summed E-state index contributed by atoms with van der Waals surface area (Å²) in [6.45, 7) is 0.459. The molecule has 1 N–H and O–H groups in total. The third-order valence-corrected chi connectivity index (χ3v) is 6.22. The molecule has 5 nitrogen and oxygen atoms in total. The van der Waals surface area contributed by atoms with Gasteiger partial charge in [-0.05, 0) is 53.6 Å². The average molecular weight is 463 g/mol. The van der Waals surface area contributed by atoms with E-state index in [1.807, 2.05) is 18.2 Å². The van der Waals surface area contributed by atoms with Crippen LogP contribution in [0.2, 0.25) is 10.0 Å². The van der Waals surface area contributed by atoms with Crippen molar-refractivity contribution >= 4 is 44.8 Å². The molecular formula is C22H20Cl2N2O3S. The van der Waals surface area contributed by atoms with Crippen LogP contribution >= 0.6 is 23.2 Å². The second-order valence-electron chi connectivity index (χ2n) is 6.72. The van der Waals surface area contributed by atoms with Crippen molar-refractivity contribution in [2.75, 3.05) is 10.6 Å². The van der Waals surface area contributed by atoms with Crippen LogP contribution in [0.15, 0.2) is 72.8 Å². The van der Waals surface area contributed by atoms with Crippen molar-refractivity contribution in [3.05, 3.63) is 99.5 Å². The van der Waals surface area contributed by atoms with Gasteiger partial charge in [0.1, 0.15) is 0 Å². The number of amides is 1. The lowest BCUT2D eigenvalue weighted by molar-refractivity contribution is 0.0951. The van der Waals surface area contributed by atoms with Gasteiger partial charge in [0.05, 0.1) is 18.5 Å². The third kappa shape index (κ3) is 5.75. The normalized spacial score (nSPS) is 11.2. The van der Waals surface area contributed by atoms with Crippen molar-refractivity contribution in [3.63, 3.8) is 0 Å². The molecule has 0 atom stereocenters. The monoisotopic (exact) mass is 462 g/mol. The van der Waals surface area contributed by atoms with Gasteiger partial charge in [0, 0.05) is 22.2 Å². The maximum absolute atomic E-state index is 12.4. The first-order valence-corrected chi connectivity index (χ1v) is 11.7. The maximum atomic E-state index is 12.4. The summed E-state index contributed by atoms with van der Waals surface area (Å²) in [7, 11) is -3.53. The molecule has 0 bridgehead atoms. The molecule has 1 amide bonds. The van der Waals surface area contributed by atoms with Crippen molar-refractivity contribution in [1.29, 1.82) is 0 Å². The Labute approximate surface area is 186 Å². The smallest absolute Gasteiger partial charge is 0.251 e. The lowest BCUT2D eigenvalue weighted by Gasteiger charge is -2.23. The van der Waals surface area contributed by atoms with Crippen molar-refractivity contribution < 1.29 is 13.2 Å². The van der Waals surface area contributed by atoms with E-state index < -0.39 is 10.0 Å². The molecule has 3 rings (SSSR count). The summed E-state index contributed by atoms with van der Waals surface area (Å²) in [5.41, 5.74) is 2.50. The van der Waals surface area contributed by atoms with Gasteiger partial charge in [-0.1, -0.05) is 53.5 Å². The van der Waals surface area contributed by atoms with E-state index in [1.54, 1.807) is 54.6 Å². The Morgan fingerprint density at radius 3 is 2.17 bits per heavy atom. The molecule has 0 fully saturated rings. The maximum Gasteiger partial charge on any atom is 0.251 e. The Bertz CT molecular complexity index is 1130. The molecule has 0 radical (unpaired) electrons. The molecule has 0 saturated heterocycles. The van der Waals surface area contributed by atoms with Gasteiger partial charge in [0.15, 0.2) is 0 Å². The molecule has 0 aromatic heterocycles. The third-order valence-electron chi connectivity index (χ3n) is 4.45. The quantitative estimate of drug-likeness (QED) is 0.543. The summed E-state index contributed by atoms with van der Waals surface area (Å²) in [4.78, 5) is 12.4. The number of hydrogen-bond acceptors (Lipinski definition) is 3. The highest BCUT2D eigenvalue weighted by Crippen LogP contribution is 2.22. The predicted octanol–water partition coefficient (Wildman–Crippen LogP) is 4.89. The van der Waals surface area contributed by atoms with Crippen molar-refractivity contribution in [3.8, 4) is 0 Å².